The van der Waals surface area contributed by atoms with Crippen molar-refractivity contribution in [1.82, 2.24) is 24.8 Å². The zero-order chi connectivity index (χ0) is 24.4. The maximum atomic E-state index is 13.5. The number of imidazole rings is 1. The monoisotopic (exact) mass is 463 g/mol. The maximum absolute atomic E-state index is 13.5. The number of para-hydroxylation sites is 2. The van der Waals surface area contributed by atoms with Gasteiger partial charge in [0.2, 0.25) is 5.43 Å². The minimum Gasteiger partial charge on any atom is -0.352 e. The minimum atomic E-state index is -0.519. The van der Waals surface area contributed by atoms with Crippen LogP contribution in [0.3, 0.4) is 0 Å². The van der Waals surface area contributed by atoms with Crippen LogP contribution < -0.4 is 10.7 Å². The number of pyridine rings is 1. The van der Waals surface area contributed by atoms with Crippen LogP contribution in [0.5, 0.6) is 0 Å². The van der Waals surface area contributed by atoms with Crippen molar-refractivity contribution < 1.29 is 9.59 Å². The van der Waals surface area contributed by atoms with Crippen molar-refractivity contribution in [2.24, 2.45) is 5.92 Å². The molecule has 0 saturated carbocycles. The highest BCUT2D eigenvalue weighted by Gasteiger charge is 2.30. The molecular weight excluding hydrogens is 430 g/mol. The predicted octanol–water partition coefficient (Wildman–Crippen LogP) is 3.71. The van der Waals surface area contributed by atoms with E-state index in [4.69, 9.17) is 4.98 Å². The largest absolute Gasteiger partial charge is 0.352 e. The average molecular weight is 464 g/mol. The number of nitrogens with zero attached hydrogens (tertiary/aromatic N) is 3. The predicted molar refractivity (Wildman–Crippen MR) is 132 cm³/mol. The molecule has 1 aliphatic rings. The first-order valence-corrected chi connectivity index (χ1v) is 12.0. The smallest absolute Gasteiger partial charge is 0.259 e. The number of amides is 2. The Morgan fingerprint density at radius 1 is 1.15 bits per heavy atom. The molecule has 1 atom stereocenters. The number of rotatable bonds is 6. The van der Waals surface area contributed by atoms with E-state index in [1.54, 1.807) is 21.9 Å². The summed E-state index contributed by atoms with van der Waals surface area (Å²) in [5.41, 5.74) is 1.40. The third-order valence-corrected chi connectivity index (χ3v) is 6.29. The fourth-order valence-electron chi connectivity index (χ4n) is 4.32. The molecule has 0 bridgehead atoms. The van der Waals surface area contributed by atoms with E-state index in [2.05, 4.69) is 10.3 Å². The number of benzene rings is 1. The van der Waals surface area contributed by atoms with Gasteiger partial charge in [0.15, 0.2) is 0 Å². The molecule has 1 saturated heterocycles. The molecule has 8 nitrogen and oxygen atoms in total. The molecule has 2 N–H and O–H groups in total. The number of likely N-dealkylation sites (tertiary alicyclic amines) is 1. The lowest BCUT2D eigenvalue weighted by Crippen LogP contribution is -2.42. The lowest BCUT2D eigenvalue weighted by molar-refractivity contribution is 0.0702. The Balaban J connectivity index is 1.62. The molecule has 3 aromatic rings. The van der Waals surface area contributed by atoms with E-state index in [1.807, 2.05) is 52.0 Å². The van der Waals surface area contributed by atoms with Crippen molar-refractivity contribution in [2.45, 2.75) is 52.5 Å². The van der Waals surface area contributed by atoms with E-state index in [9.17, 15) is 14.4 Å². The maximum Gasteiger partial charge on any atom is 0.259 e. The van der Waals surface area contributed by atoms with Crippen LogP contribution >= 0.6 is 0 Å². The van der Waals surface area contributed by atoms with Crippen molar-refractivity contribution in [2.75, 3.05) is 19.6 Å². The second-order valence-electron chi connectivity index (χ2n) is 9.79. The quantitative estimate of drug-likeness (QED) is 0.582. The first-order valence-electron chi connectivity index (χ1n) is 12.0. The highest BCUT2D eigenvalue weighted by molar-refractivity contribution is 5.99. The van der Waals surface area contributed by atoms with Crippen LogP contribution in [0.1, 0.15) is 79.0 Å². The van der Waals surface area contributed by atoms with Crippen molar-refractivity contribution in [3.8, 4) is 0 Å². The summed E-state index contributed by atoms with van der Waals surface area (Å²) in [6.07, 6.45) is 4.87. The molecule has 180 valence electrons. The number of aromatic amines is 1. The van der Waals surface area contributed by atoms with Gasteiger partial charge in [0, 0.05) is 44.0 Å². The molecule has 34 heavy (non-hydrogen) atoms. The van der Waals surface area contributed by atoms with E-state index < -0.39 is 11.3 Å². The summed E-state index contributed by atoms with van der Waals surface area (Å²) >= 11 is 0. The number of carbonyl (C=O) groups excluding carboxylic acids is 2. The number of hydrogen-bond donors (Lipinski definition) is 2. The average Bonchev–Trinajstić information content (AvgIpc) is 3.26. The molecule has 1 fully saturated rings. The van der Waals surface area contributed by atoms with Gasteiger partial charge >= 0.3 is 0 Å². The second kappa shape index (κ2) is 9.83. The highest BCUT2D eigenvalue weighted by atomic mass is 16.2. The Hall–Kier alpha value is -3.42. The molecule has 0 unspecified atom stereocenters. The van der Waals surface area contributed by atoms with Crippen LogP contribution in [0.4, 0.5) is 0 Å². The molecule has 1 aromatic carbocycles. The molecule has 0 aliphatic carbocycles. The Morgan fingerprint density at radius 3 is 2.59 bits per heavy atom. The third kappa shape index (κ3) is 4.90. The van der Waals surface area contributed by atoms with Gasteiger partial charge < -0.3 is 19.8 Å². The van der Waals surface area contributed by atoms with E-state index >= 15 is 0 Å². The lowest BCUT2D eigenvalue weighted by Gasteiger charge is -2.32. The van der Waals surface area contributed by atoms with Gasteiger partial charge in [-0.3, -0.25) is 14.4 Å². The van der Waals surface area contributed by atoms with Crippen LogP contribution in [0.25, 0.3) is 11.0 Å². The fraction of sp³-hybridized carbons (Fsp3) is 0.462. The molecule has 8 heteroatoms. The molecule has 0 radical (unpaired) electrons. The molecule has 2 aromatic heterocycles. The normalized spacial score (nSPS) is 16.4. The van der Waals surface area contributed by atoms with Gasteiger partial charge in [0.05, 0.1) is 11.0 Å². The summed E-state index contributed by atoms with van der Waals surface area (Å²) in [6.45, 7) is 9.39. The van der Waals surface area contributed by atoms with Crippen LogP contribution in [-0.2, 0) is 0 Å². The van der Waals surface area contributed by atoms with Crippen molar-refractivity contribution in [3.05, 3.63) is 63.8 Å². The zero-order valence-corrected chi connectivity index (χ0v) is 20.3. The van der Waals surface area contributed by atoms with Crippen LogP contribution in [0.15, 0.2) is 41.5 Å². The van der Waals surface area contributed by atoms with Crippen LogP contribution in [-0.4, -0.2) is 50.9 Å². The van der Waals surface area contributed by atoms with E-state index in [0.29, 0.717) is 19.6 Å². The Labute approximate surface area is 199 Å². The van der Waals surface area contributed by atoms with Crippen molar-refractivity contribution in [3.63, 3.8) is 0 Å². The topological polar surface area (TPSA) is 100 Å². The summed E-state index contributed by atoms with van der Waals surface area (Å²) in [5, 5.41) is 2.80. The van der Waals surface area contributed by atoms with E-state index in [1.165, 1.54) is 0 Å². The lowest BCUT2D eigenvalue weighted by atomic mass is 9.96. The number of hydrogen-bond acceptors (Lipinski definition) is 4. The third-order valence-electron chi connectivity index (χ3n) is 6.29. The van der Waals surface area contributed by atoms with Crippen molar-refractivity contribution in [1.29, 1.82) is 0 Å². The Morgan fingerprint density at radius 2 is 1.88 bits per heavy atom. The molecule has 3 heterocycles. The standard InChI is InChI=1S/C26H33N5O3/c1-16(2)12-27-25(33)19-14-31(17(3)4)15-20(23(19)32)26(34)30-11-7-8-18(13-30)24-28-21-9-5-6-10-22(21)29-24/h5-6,9-10,14-18H,7-8,11-13H2,1-4H3,(H,27,33)(H,28,29)/t18-/m1/s1. The van der Waals surface area contributed by atoms with Gasteiger partial charge in [-0.15, -0.1) is 0 Å². The number of fused-ring (bicyclic) bond motifs is 1. The fourth-order valence-corrected chi connectivity index (χ4v) is 4.32. The number of H-pyrrole nitrogens is 1. The van der Waals surface area contributed by atoms with Gasteiger partial charge in [0.25, 0.3) is 11.8 Å². The zero-order valence-electron chi connectivity index (χ0n) is 20.3. The first kappa shape index (κ1) is 23.7. The Kier molecular flexibility index (Phi) is 6.86. The van der Waals surface area contributed by atoms with Gasteiger partial charge in [0.1, 0.15) is 17.0 Å². The molecule has 1 aliphatic heterocycles. The number of aromatic nitrogens is 3. The molecular formula is C26H33N5O3. The molecule has 2 amide bonds. The van der Waals surface area contributed by atoms with E-state index in [-0.39, 0.29) is 34.9 Å². The first-order chi connectivity index (χ1) is 16.2. The van der Waals surface area contributed by atoms with E-state index in [0.717, 1.165) is 29.7 Å². The van der Waals surface area contributed by atoms with Gasteiger partial charge in [-0.2, -0.15) is 0 Å². The summed E-state index contributed by atoms with van der Waals surface area (Å²) in [7, 11) is 0. The summed E-state index contributed by atoms with van der Waals surface area (Å²) < 4.78 is 1.76. The molecule has 0 spiro atoms. The summed E-state index contributed by atoms with van der Waals surface area (Å²) in [5.74, 6) is 0.403. The highest BCUT2D eigenvalue weighted by Crippen LogP contribution is 2.27. The van der Waals surface area contributed by atoms with Crippen LogP contribution in [0.2, 0.25) is 0 Å². The number of nitrogens with one attached hydrogen (secondary N) is 2. The number of carbonyl (C=O) groups is 2. The summed E-state index contributed by atoms with van der Waals surface area (Å²) in [6, 6.07) is 7.86. The van der Waals surface area contributed by atoms with Gasteiger partial charge in [-0.05, 0) is 44.7 Å². The SMILES string of the molecule is CC(C)CNC(=O)c1cn(C(C)C)cc(C(=O)N2CCC[C@@H](c3nc4ccccc4[nH]3)C2)c1=O. The van der Waals surface area contributed by atoms with Gasteiger partial charge in [-0.1, -0.05) is 26.0 Å². The van der Waals surface area contributed by atoms with Crippen molar-refractivity contribution >= 4 is 22.8 Å². The van der Waals surface area contributed by atoms with Crippen LogP contribution in [0, 0.1) is 5.92 Å². The Bertz CT molecular complexity index is 1220. The minimum absolute atomic E-state index is 0.00560. The molecule has 4 rings (SSSR count). The number of piperidine rings is 1. The second-order valence-corrected chi connectivity index (χ2v) is 9.79. The van der Waals surface area contributed by atoms with Gasteiger partial charge in [-0.25, -0.2) is 4.98 Å². The summed E-state index contributed by atoms with van der Waals surface area (Å²) in [4.78, 5) is 49.4.